The van der Waals surface area contributed by atoms with Crippen LogP contribution in [0.3, 0.4) is 0 Å². The van der Waals surface area contributed by atoms with Crippen molar-refractivity contribution in [2.24, 2.45) is 5.92 Å². The highest BCUT2D eigenvalue weighted by Gasteiger charge is 2.29. The molecule has 0 saturated carbocycles. The van der Waals surface area contributed by atoms with Gasteiger partial charge in [0.2, 0.25) is 5.91 Å². The molecule has 1 fully saturated rings. The molecule has 0 atom stereocenters. The fourth-order valence-corrected chi connectivity index (χ4v) is 3.46. The molecular weight excluding hydrogens is 378 g/mol. The number of hydrogen-bond donors (Lipinski definition) is 1. The zero-order chi connectivity index (χ0) is 18.7. The molecule has 136 valence electrons. The first-order valence-corrected chi connectivity index (χ1v) is 9.01. The smallest absolute Gasteiger partial charge is 0.255 e. The number of nitrogens with zero attached hydrogens (tertiary/aromatic N) is 1. The number of hydrogen-bond acceptors (Lipinski definition) is 2. The molecule has 4 nitrogen and oxygen atoms in total. The summed E-state index contributed by atoms with van der Waals surface area (Å²) in [6, 6.07) is 10.8. The Hall–Kier alpha value is -2.11. The van der Waals surface area contributed by atoms with Gasteiger partial charge in [-0.05, 0) is 43.2 Å². The minimum Gasteiger partial charge on any atom is -0.339 e. The SMILES string of the molecule is O=C(Nc1ccccc1F)C1CCN(C(=O)c2ccc(Cl)cc2Cl)CC1. The lowest BCUT2D eigenvalue weighted by Crippen LogP contribution is -2.41. The maximum Gasteiger partial charge on any atom is 0.255 e. The molecule has 7 heteroatoms. The van der Waals surface area contributed by atoms with Gasteiger partial charge in [0, 0.05) is 24.0 Å². The van der Waals surface area contributed by atoms with Crippen LogP contribution >= 0.6 is 23.2 Å². The summed E-state index contributed by atoms with van der Waals surface area (Å²) in [5.74, 6) is -1.14. The minimum absolute atomic E-state index is 0.170. The fourth-order valence-electron chi connectivity index (χ4n) is 2.98. The van der Waals surface area contributed by atoms with Crippen molar-refractivity contribution in [1.82, 2.24) is 4.90 Å². The fraction of sp³-hybridized carbons (Fsp3) is 0.263. The van der Waals surface area contributed by atoms with Crippen molar-refractivity contribution in [1.29, 1.82) is 0 Å². The summed E-state index contributed by atoms with van der Waals surface area (Å²) < 4.78 is 13.6. The Bertz CT molecular complexity index is 836. The van der Waals surface area contributed by atoms with Crippen molar-refractivity contribution >= 4 is 40.7 Å². The van der Waals surface area contributed by atoms with Crippen molar-refractivity contribution in [2.75, 3.05) is 18.4 Å². The lowest BCUT2D eigenvalue weighted by atomic mass is 9.95. The van der Waals surface area contributed by atoms with E-state index in [0.717, 1.165) is 0 Å². The number of carbonyl (C=O) groups is 2. The van der Waals surface area contributed by atoms with E-state index in [4.69, 9.17) is 23.2 Å². The summed E-state index contributed by atoms with van der Waals surface area (Å²) in [4.78, 5) is 26.6. The van der Waals surface area contributed by atoms with Crippen molar-refractivity contribution in [3.63, 3.8) is 0 Å². The van der Waals surface area contributed by atoms with E-state index in [1.807, 2.05) is 0 Å². The Morgan fingerprint density at radius 2 is 1.77 bits per heavy atom. The molecular formula is C19H17Cl2FN2O2. The molecule has 2 aromatic rings. The largest absolute Gasteiger partial charge is 0.339 e. The van der Waals surface area contributed by atoms with Crippen molar-refractivity contribution < 1.29 is 14.0 Å². The molecule has 1 aliphatic rings. The third kappa shape index (κ3) is 4.17. The van der Waals surface area contributed by atoms with Crippen LogP contribution in [-0.4, -0.2) is 29.8 Å². The molecule has 1 aliphatic heterocycles. The molecule has 3 rings (SSSR count). The van der Waals surface area contributed by atoms with Gasteiger partial charge in [0.25, 0.3) is 5.91 Å². The highest BCUT2D eigenvalue weighted by atomic mass is 35.5. The maximum absolute atomic E-state index is 13.6. The summed E-state index contributed by atoms with van der Waals surface area (Å²) in [7, 11) is 0. The summed E-state index contributed by atoms with van der Waals surface area (Å²) in [6.45, 7) is 0.875. The average Bonchev–Trinajstić information content (AvgIpc) is 2.63. The van der Waals surface area contributed by atoms with Crippen LogP contribution in [0.15, 0.2) is 42.5 Å². The highest BCUT2D eigenvalue weighted by molar-refractivity contribution is 6.36. The van der Waals surface area contributed by atoms with Gasteiger partial charge in [0.05, 0.1) is 16.3 Å². The van der Waals surface area contributed by atoms with E-state index in [9.17, 15) is 14.0 Å². The number of nitrogens with one attached hydrogen (secondary N) is 1. The number of halogens is 3. The Morgan fingerprint density at radius 3 is 2.42 bits per heavy atom. The number of carbonyl (C=O) groups excluding carboxylic acids is 2. The summed E-state index contributed by atoms with van der Waals surface area (Å²) in [6.07, 6.45) is 1.02. The van der Waals surface area contributed by atoms with Crippen LogP contribution < -0.4 is 5.32 Å². The van der Waals surface area contributed by atoms with Crippen molar-refractivity contribution in [2.45, 2.75) is 12.8 Å². The molecule has 1 heterocycles. The highest BCUT2D eigenvalue weighted by Crippen LogP contribution is 2.26. The zero-order valence-corrected chi connectivity index (χ0v) is 15.4. The molecule has 2 aromatic carbocycles. The van der Waals surface area contributed by atoms with Crippen LogP contribution in [0.4, 0.5) is 10.1 Å². The molecule has 0 aromatic heterocycles. The third-order valence-electron chi connectivity index (χ3n) is 4.45. The number of amides is 2. The molecule has 2 amide bonds. The van der Waals surface area contributed by atoms with Crippen molar-refractivity contribution in [3.8, 4) is 0 Å². The van der Waals surface area contributed by atoms with Gasteiger partial charge in [-0.2, -0.15) is 0 Å². The standard InChI is InChI=1S/C19H17Cl2FN2O2/c20-13-5-6-14(15(21)11-13)19(26)24-9-7-12(8-10-24)18(25)23-17-4-2-1-3-16(17)22/h1-6,11-12H,7-10H2,(H,23,25). The van der Waals surface area contributed by atoms with Gasteiger partial charge in [-0.3, -0.25) is 9.59 Å². The van der Waals surface area contributed by atoms with Gasteiger partial charge < -0.3 is 10.2 Å². The van der Waals surface area contributed by atoms with E-state index in [1.54, 1.807) is 29.2 Å². The van der Waals surface area contributed by atoms with E-state index in [0.29, 0.717) is 41.5 Å². The zero-order valence-electron chi connectivity index (χ0n) is 13.8. The predicted molar refractivity (Wildman–Crippen MR) is 100 cm³/mol. The Balaban J connectivity index is 1.59. The van der Waals surface area contributed by atoms with E-state index in [1.165, 1.54) is 18.2 Å². The molecule has 0 radical (unpaired) electrons. The van der Waals surface area contributed by atoms with Gasteiger partial charge in [0.15, 0.2) is 0 Å². The molecule has 1 saturated heterocycles. The first kappa shape index (κ1) is 18.7. The lowest BCUT2D eigenvalue weighted by Gasteiger charge is -2.31. The topological polar surface area (TPSA) is 49.4 Å². The summed E-state index contributed by atoms with van der Waals surface area (Å²) >= 11 is 12.0. The number of anilines is 1. The van der Waals surface area contributed by atoms with Crippen LogP contribution in [0.2, 0.25) is 10.0 Å². The molecule has 0 spiro atoms. The van der Waals surface area contributed by atoms with E-state index < -0.39 is 5.82 Å². The first-order chi connectivity index (χ1) is 12.5. The minimum atomic E-state index is -0.467. The van der Waals surface area contributed by atoms with Crippen LogP contribution in [0.1, 0.15) is 23.2 Å². The number of benzene rings is 2. The lowest BCUT2D eigenvalue weighted by molar-refractivity contribution is -0.121. The van der Waals surface area contributed by atoms with Gasteiger partial charge in [-0.25, -0.2) is 4.39 Å². The molecule has 0 bridgehead atoms. The first-order valence-electron chi connectivity index (χ1n) is 8.25. The Kier molecular flexibility index (Phi) is 5.79. The third-order valence-corrected chi connectivity index (χ3v) is 4.99. The van der Waals surface area contributed by atoms with Crippen LogP contribution in [0, 0.1) is 11.7 Å². The number of rotatable bonds is 3. The summed E-state index contributed by atoms with van der Waals surface area (Å²) in [5.41, 5.74) is 0.564. The Morgan fingerprint density at radius 1 is 1.08 bits per heavy atom. The second-order valence-corrected chi connectivity index (χ2v) is 7.00. The van der Waals surface area contributed by atoms with Crippen LogP contribution in [0.5, 0.6) is 0 Å². The number of para-hydroxylation sites is 1. The van der Waals surface area contributed by atoms with E-state index >= 15 is 0 Å². The Labute approximate surface area is 160 Å². The van der Waals surface area contributed by atoms with Crippen LogP contribution in [0.25, 0.3) is 0 Å². The van der Waals surface area contributed by atoms with Gasteiger partial charge in [-0.15, -0.1) is 0 Å². The normalized spacial score (nSPS) is 15.0. The van der Waals surface area contributed by atoms with Gasteiger partial charge in [-0.1, -0.05) is 35.3 Å². The molecule has 1 N–H and O–H groups in total. The molecule has 26 heavy (non-hydrogen) atoms. The van der Waals surface area contributed by atoms with E-state index in [-0.39, 0.29) is 23.4 Å². The van der Waals surface area contributed by atoms with Crippen LogP contribution in [-0.2, 0) is 4.79 Å². The second kappa shape index (κ2) is 8.06. The maximum atomic E-state index is 13.6. The van der Waals surface area contributed by atoms with Crippen molar-refractivity contribution in [3.05, 3.63) is 63.9 Å². The molecule has 0 aliphatic carbocycles. The quantitative estimate of drug-likeness (QED) is 0.825. The van der Waals surface area contributed by atoms with E-state index in [2.05, 4.69) is 5.32 Å². The number of likely N-dealkylation sites (tertiary alicyclic amines) is 1. The molecule has 0 unspecified atom stereocenters. The monoisotopic (exact) mass is 394 g/mol. The average molecular weight is 395 g/mol. The predicted octanol–water partition coefficient (Wildman–Crippen LogP) is 4.62. The summed E-state index contributed by atoms with van der Waals surface area (Å²) in [5, 5.41) is 3.39. The van der Waals surface area contributed by atoms with Gasteiger partial charge in [0.1, 0.15) is 5.82 Å². The number of piperidine rings is 1. The van der Waals surface area contributed by atoms with Gasteiger partial charge >= 0.3 is 0 Å². The second-order valence-electron chi connectivity index (χ2n) is 6.16.